The van der Waals surface area contributed by atoms with Crippen molar-refractivity contribution in [3.63, 3.8) is 0 Å². The third-order valence-electron chi connectivity index (χ3n) is 5.54. The molecule has 4 rings (SSSR count). The number of likely N-dealkylation sites (tertiary alicyclic amines) is 1. The van der Waals surface area contributed by atoms with Crippen molar-refractivity contribution >= 4 is 5.91 Å². The average Bonchev–Trinajstić information content (AvgIpc) is 3.22. The maximum atomic E-state index is 13.1. The number of hydrogen-bond donors (Lipinski definition) is 0. The molecule has 0 radical (unpaired) electrons. The van der Waals surface area contributed by atoms with Gasteiger partial charge >= 0.3 is 0 Å². The fourth-order valence-corrected chi connectivity index (χ4v) is 4.14. The largest absolute Gasteiger partial charge is 0.381 e. The molecule has 0 aliphatic carbocycles. The van der Waals surface area contributed by atoms with E-state index in [-0.39, 0.29) is 11.3 Å². The summed E-state index contributed by atoms with van der Waals surface area (Å²) in [5.41, 5.74) is 3.18. The van der Waals surface area contributed by atoms with E-state index in [0.717, 1.165) is 56.1 Å². The van der Waals surface area contributed by atoms with Gasteiger partial charge in [-0.25, -0.2) is 0 Å². The monoisotopic (exact) mass is 324 g/mol. The highest BCUT2D eigenvalue weighted by molar-refractivity contribution is 5.94. The van der Waals surface area contributed by atoms with E-state index in [1.807, 2.05) is 46.8 Å². The lowest BCUT2D eigenvalue weighted by Crippen LogP contribution is -2.46. The van der Waals surface area contributed by atoms with Crippen LogP contribution in [0, 0.1) is 5.41 Å². The number of carbonyl (C=O) groups is 1. The van der Waals surface area contributed by atoms with Gasteiger partial charge in [0.25, 0.3) is 5.91 Å². The molecule has 2 aliphatic rings. The standard InChI is InChI=1S/C20H24N2O2/c1-21-17(16-6-3-2-4-7-16)8-9-18(21)19(23)22-12-5-10-20(14-22)11-13-24-15-20/h2-4,6-9H,5,10-15H2,1H3/t20-/m0/s1. The maximum Gasteiger partial charge on any atom is 0.270 e. The molecule has 2 aromatic rings. The van der Waals surface area contributed by atoms with Crippen LogP contribution in [0.2, 0.25) is 0 Å². The number of nitrogens with zero attached hydrogens (tertiary/aromatic N) is 2. The van der Waals surface area contributed by atoms with Crippen molar-refractivity contribution in [1.82, 2.24) is 9.47 Å². The predicted molar refractivity (Wildman–Crippen MR) is 93.9 cm³/mol. The summed E-state index contributed by atoms with van der Waals surface area (Å²) in [5, 5.41) is 0. The maximum absolute atomic E-state index is 13.1. The summed E-state index contributed by atoms with van der Waals surface area (Å²) in [6, 6.07) is 14.2. The van der Waals surface area contributed by atoms with E-state index >= 15 is 0 Å². The Morgan fingerprint density at radius 1 is 1.12 bits per heavy atom. The van der Waals surface area contributed by atoms with Gasteiger partial charge in [-0.15, -0.1) is 0 Å². The number of carbonyl (C=O) groups excluding carboxylic acids is 1. The fourth-order valence-electron chi connectivity index (χ4n) is 4.14. The lowest BCUT2D eigenvalue weighted by Gasteiger charge is -2.39. The molecule has 1 aromatic heterocycles. The molecule has 0 N–H and O–H groups in total. The van der Waals surface area contributed by atoms with Crippen molar-refractivity contribution in [3.8, 4) is 11.3 Å². The Labute approximate surface area is 143 Å². The SMILES string of the molecule is Cn1c(C(=O)N2CCC[C@]3(CCOC3)C2)ccc1-c1ccccc1. The zero-order chi connectivity index (χ0) is 16.6. The molecule has 4 heteroatoms. The highest BCUT2D eigenvalue weighted by Gasteiger charge is 2.40. The minimum absolute atomic E-state index is 0.144. The first-order valence-corrected chi connectivity index (χ1v) is 8.77. The Bertz CT molecular complexity index is 729. The summed E-state index contributed by atoms with van der Waals surface area (Å²) in [6.45, 7) is 3.33. The van der Waals surface area contributed by atoms with Gasteiger partial charge in [-0.1, -0.05) is 30.3 Å². The number of aromatic nitrogens is 1. The quantitative estimate of drug-likeness (QED) is 0.849. The van der Waals surface area contributed by atoms with Crippen molar-refractivity contribution in [2.75, 3.05) is 26.3 Å². The zero-order valence-corrected chi connectivity index (χ0v) is 14.2. The normalized spacial score (nSPS) is 23.8. The minimum Gasteiger partial charge on any atom is -0.381 e. The number of hydrogen-bond acceptors (Lipinski definition) is 2. The van der Waals surface area contributed by atoms with Gasteiger partial charge in [0, 0.05) is 37.9 Å². The van der Waals surface area contributed by atoms with Gasteiger partial charge in [0.05, 0.1) is 6.61 Å². The molecule has 2 aliphatic heterocycles. The van der Waals surface area contributed by atoms with Crippen LogP contribution in [0.3, 0.4) is 0 Å². The van der Waals surface area contributed by atoms with Gasteiger partial charge in [0.2, 0.25) is 0 Å². The van der Waals surface area contributed by atoms with Crippen LogP contribution >= 0.6 is 0 Å². The molecule has 2 saturated heterocycles. The van der Waals surface area contributed by atoms with Crippen LogP contribution < -0.4 is 0 Å². The van der Waals surface area contributed by atoms with Gasteiger partial charge in [-0.3, -0.25) is 4.79 Å². The molecular formula is C20H24N2O2. The summed E-state index contributed by atoms with van der Waals surface area (Å²) < 4.78 is 7.63. The average molecular weight is 324 g/mol. The lowest BCUT2D eigenvalue weighted by molar-refractivity contribution is 0.0455. The molecule has 24 heavy (non-hydrogen) atoms. The van der Waals surface area contributed by atoms with Crippen molar-refractivity contribution in [2.24, 2.45) is 12.5 Å². The van der Waals surface area contributed by atoms with Crippen LogP contribution in [0.4, 0.5) is 0 Å². The third-order valence-corrected chi connectivity index (χ3v) is 5.54. The van der Waals surface area contributed by atoms with Crippen LogP contribution in [-0.2, 0) is 11.8 Å². The van der Waals surface area contributed by atoms with Gasteiger partial charge in [0.1, 0.15) is 5.69 Å². The van der Waals surface area contributed by atoms with E-state index in [4.69, 9.17) is 4.74 Å². The van der Waals surface area contributed by atoms with Crippen LogP contribution in [-0.4, -0.2) is 41.7 Å². The molecule has 3 heterocycles. The van der Waals surface area contributed by atoms with Crippen LogP contribution in [0.1, 0.15) is 29.8 Å². The molecule has 1 spiro atoms. The molecule has 126 valence electrons. The van der Waals surface area contributed by atoms with Crippen molar-refractivity contribution < 1.29 is 9.53 Å². The van der Waals surface area contributed by atoms with E-state index in [0.29, 0.717) is 0 Å². The van der Waals surface area contributed by atoms with Gasteiger partial charge < -0.3 is 14.2 Å². The summed E-state index contributed by atoms with van der Waals surface area (Å²) in [7, 11) is 1.98. The van der Waals surface area contributed by atoms with Crippen molar-refractivity contribution in [2.45, 2.75) is 19.3 Å². The topological polar surface area (TPSA) is 34.5 Å². The smallest absolute Gasteiger partial charge is 0.270 e. The van der Waals surface area contributed by atoms with Crippen molar-refractivity contribution in [3.05, 3.63) is 48.2 Å². The van der Waals surface area contributed by atoms with E-state index in [2.05, 4.69) is 12.1 Å². The van der Waals surface area contributed by atoms with Crippen LogP contribution in [0.15, 0.2) is 42.5 Å². The van der Waals surface area contributed by atoms with Crippen LogP contribution in [0.25, 0.3) is 11.3 Å². The summed E-state index contributed by atoms with van der Waals surface area (Å²) >= 11 is 0. The second-order valence-electron chi connectivity index (χ2n) is 7.16. The first-order valence-electron chi connectivity index (χ1n) is 8.77. The van der Waals surface area contributed by atoms with Gasteiger partial charge in [0.15, 0.2) is 0 Å². The molecule has 4 nitrogen and oxygen atoms in total. The Balaban J connectivity index is 1.58. The number of benzene rings is 1. The van der Waals surface area contributed by atoms with Gasteiger partial charge in [-0.05, 0) is 37.0 Å². The first kappa shape index (κ1) is 15.5. The predicted octanol–water partition coefficient (Wildman–Crippen LogP) is 3.33. The first-order chi connectivity index (χ1) is 11.7. The molecule has 0 bridgehead atoms. The molecule has 1 atom stereocenters. The number of rotatable bonds is 2. The third kappa shape index (κ3) is 2.65. The van der Waals surface area contributed by atoms with Gasteiger partial charge in [-0.2, -0.15) is 0 Å². The number of piperidine rings is 1. The second kappa shape index (κ2) is 6.10. The number of ether oxygens (including phenoxy) is 1. The molecule has 1 amide bonds. The van der Waals surface area contributed by atoms with E-state index < -0.39 is 0 Å². The molecular weight excluding hydrogens is 300 g/mol. The Hall–Kier alpha value is -2.07. The lowest BCUT2D eigenvalue weighted by atomic mass is 9.79. The molecule has 0 unspecified atom stereocenters. The highest BCUT2D eigenvalue weighted by Crippen LogP contribution is 2.38. The molecule has 1 aromatic carbocycles. The number of amides is 1. The Morgan fingerprint density at radius 2 is 1.96 bits per heavy atom. The Morgan fingerprint density at radius 3 is 2.71 bits per heavy atom. The summed E-state index contributed by atoms with van der Waals surface area (Å²) in [6.07, 6.45) is 3.34. The highest BCUT2D eigenvalue weighted by atomic mass is 16.5. The van der Waals surface area contributed by atoms with E-state index in [9.17, 15) is 4.79 Å². The van der Waals surface area contributed by atoms with Crippen LogP contribution in [0.5, 0.6) is 0 Å². The Kier molecular flexibility index (Phi) is 3.93. The fraction of sp³-hybridized carbons (Fsp3) is 0.450. The van der Waals surface area contributed by atoms with E-state index in [1.54, 1.807) is 0 Å². The van der Waals surface area contributed by atoms with Crippen molar-refractivity contribution in [1.29, 1.82) is 0 Å². The molecule has 0 saturated carbocycles. The summed E-state index contributed by atoms with van der Waals surface area (Å²) in [5.74, 6) is 0.144. The zero-order valence-electron chi connectivity index (χ0n) is 14.2. The summed E-state index contributed by atoms with van der Waals surface area (Å²) in [4.78, 5) is 15.1. The minimum atomic E-state index is 0.144. The molecule has 2 fully saturated rings. The van der Waals surface area contributed by atoms with E-state index in [1.165, 1.54) is 6.42 Å². The second-order valence-corrected chi connectivity index (χ2v) is 7.16.